The molecule has 0 unspecified atom stereocenters. The summed E-state index contributed by atoms with van der Waals surface area (Å²) in [6.45, 7) is 8.00. The Balaban J connectivity index is 0.000000921. The Bertz CT molecular complexity index is 542. The molecule has 0 heterocycles. The lowest BCUT2D eigenvalue weighted by Gasteiger charge is -2.04. The van der Waals surface area contributed by atoms with E-state index in [1.54, 1.807) is 12.1 Å². The Labute approximate surface area is 131 Å². The lowest BCUT2D eigenvalue weighted by atomic mass is 10.0. The Morgan fingerprint density at radius 2 is 1.52 bits per heavy atom. The minimum absolute atomic E-state index is 0.00183. The van der Waals surface area contributed by atoms with Gasteiger partial charge in [-0.25, -0.2) is 0 Å². The summed E-state index contributed by atoms with van der Waals surface area (Å²) in [6.07, 6.45) is 0.512. The van der Waals surface area contributed by atoms with Crippen LogP contribution in [0.25, 0.3) is 0 Å². The van der Waals surface area contributed by atoms with Crippen molar-refractivity contribution >= 4 is 17.3 Å². The van der Waals surface area contributed by atoms with Crippen molar-refractivity contribution in [1.82, 2.24) is 0 Å². The number of nitrogens with zero attached hydrogens (tertiary/aromatic N) is 1. The Morgan fingerprint density at radius 1 is 0.952 bits per heavy atom. The van der Waals surface area contributed by atoms with Gasteiger partial charge in [-0.2, -0.15) is 0 Å². The van der Waals surface area contributed by atoms with Gasteiger partial charge in [0.1, 0.15) is 5.02 Å². The van der Waals surface area contributed by atoms with E-state index in [1.807, 2.05) is 58.0 Å². The minimum Gasteiger partial charge on any atom is -0.258 e. The second kappa shape index (κ2) is 10.9. The fraction of sp³-hybridized carbons (Fsp3) is 0.294. The molecule has 0 atom stereocenters. The van der Waals surface area contributed by atoms with Gasteiger partial charge in [0.2, 0.25) is 0 Å². The monoisotopic (exact) mass is 307 g/mol. The molecule has 0 spiro atoms. The van der Waals surface area contributed by atoms with Crippen molar-refractivity contribution in [1.29, 1.82) is 0 Å². The lowest BCUT2D eigenvalue weighted by Crippen LogP contribution is -1.97. The summed E-state index contributed by atoms with van der Waals surface area (Å²) in [7, 11) is 0. The van der Waals surface area contributed by atoms with Gasteiger partial charge < -0.3 is 0 Å². The van der Waals surface area contributed by atoms with Crippen molar-refractivity contribution in [3.05, 3.63) is 74.8 Å². The van der Waals surface area contributed by atoms with Gasteiger partial charge in [-0.15, -0.1) is 0 Å². The summed E-state index contributed by atoms with van der Waals surface area (Å²) in [6, 6.07) is 14.6. The summed E-state index contributed by atoms with van der Waals surface area (Å²) < 4.78 is 0. The molecule has 0 aromatic heterocycles. The SMILES string of the molecule is CC.CC.O=[N+]([O-])c1c(Cl)cccc1Cc1ccccc1. The maximum atomic E-state index is 11.0. The van der Waals surface area contributed by atoms with Gasteiger partial charge in [-0.3, -0.25) is 10.1 Å². The van der Waals surface area contributed by atoms with Gasteiger partial charge in [0.05, 0.1) is 4.92 Å². The van der Waals surface area contributed by atoms with Crippen molar-refractivity contribution in [3.63, 3.8) is 0 Å². The molecule has 114 valence electrons. The topological polar surface area (TPSA) is 43.1 Å². The fourth-order valence-corrected chi connectivity index (χ4v) is 1.99. The summed E-state index contributed by atoms with van der Waals surface area (Å²) in [5.74, 6) is 0. The van der Waals surface area contributed by atoms with Crippen LogP contribution in [0.1, 0.15) is 38.8 Å². The van der Waals surface area contributed by atoms with Crippen molar-refractivity contribution in [2.75, 3.05) is 0 Å². The molecule has 0 saturated carbocycles. The van der Waals surface area contributed by atoms with Crippen LogP contribution in [0.15, 0.2) is 48.5 Å². The highest BCUT2D eigenvalue weighted by atomic mass is 35.5. The number of nitro groups is 1. The molecule has 0 N–H and O–H groups in total. The Kier molecular flexibility index (Phi) is 9.90. The van der Waals surface area contributed by atoms with Crippen LogP contribution >= 0.6 is 11.6 Å². The van der Waals surface area contributed by atoms with Crippen LogP contribution in [0, 0.1) is 10.1 Å². The number of para-hydroxylation sites is 1. The van der Waals surface area contributed by atoms with Gasteiger partial charge in [-0.05, 0) is 11.6 Å². The normalized spacial score (nSPS) is 8.81. The maximum absolute atomic E-state index is 11.0. The lowest BCUT2D eigenvalue weighted by molar-refractivity contribution is -0.385. The average Bonchev–Trinajstić information content (AvgIpc) is 2.52. The van der Waals surface area contributed by atoms with Crippen molar-refractivity contribution in [2.24, 2.45) is 0 Å². The molecule has 0 radical (unpaired) electrons. The smallest absolute Gasteiger partial charge is 0.258 e. The van der Waals surface area contributed by atoms with E-state index >= 15 is 0 Å². The van der Waals surface area contributed by atoms with E-state index < -0.39 is 4.92 Å². The summed E-state index contributed by atoms with van der Waals surface area (Å²) in [5.41, 5.74) is 1.66. The first-order valence-electron chi connectivity index (χ1n) is 7.14. The molecule has 2 aromatic rings. The molecule has 0 aliphatic carbocycles. The first kappa shape index (κ1) is 19.1. The van der Waals surface area contributed by atoms with E-state index in [-0.39, 0.29) is 10.7 Å². The molecule has 2 aromatic carbocycles. The Hall–Kier alpha value is -1.87. The fourth-order valence-electron chi connectivity index (χ4n) is 1.72. The van der Waals surface area contributed by atoms with Crippen LogP contribution in [0.4, 0.5) is 5.69 Å². The number of rotatable bonds is 3. The third-order valence-corrected chi connectivity index (χ3v) is 2.80. The molecular weight excluding hydrogens is 286 g/mol. The third kappa shape index (κ3) is 5.96. The number of halogens is 1. The van der Waals surface area contributed by atoms with E-state index in [4.69, 9.17) is 11.6 Å². The van der Waals surface area contributed by atoms with Crippen molar-refractivity contribution in [2.45, 2.75) is 34.1 Å². The number of hydrogen-bond acceptors (Lipinski definition) is 2. The Morgan fingerprint density at radius 3 is 2.05 bits per heavy atom. The second-order valence-corrected chi connectivity index (χ2v) is 4.07. The van der Waals surface area contributed by atoms with Gasteiger partial charge in [0.25, 0.3) is 5.69 Å². The number of benzene rings is 2. The maximum Gasteiger partial charge on any atom is 0.291 e. The molecule has 4 heteroatoms. The summed E-state index contributed by atoms with van der Waals surface area (Å²) >= 11 is 5.85. The summed E-state index contributed by atoms with van der Waals surface area (Å²) in [4.78, 5) is 10.5. The third-order valence-electron chi connectivity index (χ3n) is 2.49. The highest BCUT2D eigenvalue weighted by Gasteiger charge is 2.17. The average molecular weight is 308 g/mol. The van der Waals surface area contributed by atoms with Gasteiger partial charge in [0.15, 0.2) is 0 Å². The summed E-state index contributed by atoms with van der Waals surface area (Å²) in [5, 5.41) is 11.1. The second-order valence-electron chi connectivity index (χ2n) is 3.67. The first-order valence-corrected chi connectivity index (χ1v) is 7.52. The van der Waals surface area contributed by atoms with Crippen LogP contribution in [-0.4, -0.2) is 4.92 Å². The quantitative estimate of drug-likeness (QED) is 0.524. The van der Waals surface area contributed by atoms with Crippen LogP contribution in [0.3, 0.4) is 0 Å². The first-order chi connectivity index (χ1) is 10.2. The largest absolute Gasteiger partial charge is 0.291 e. The number of nitro benzene ring substituents is 1. The standard InChI is InChI=1S/C13H10ClNO2.2C2H6/c14-12-8-4-7-11(13(12)15(16)17)9-10-5-2-1-3-6-10;2*1-2/h1-8H,9H2;2*1-2H3. The molecule has 0 amide bonds. The van der Waals surface area contributed by atoms with Gasteiger partial charge >= 0.3 is 0 Å². The van der Waals surface area contributed by atoms with Crippen LogP contribution in [-0.2, 0) is 6.42 Å². The van der Waals surface area contributed by atoms with Crippen molar-refractivity contribution in [3.8, 4) is 0 Å². The van der Waals surface area contributed by atoms with Gasteiger partial charge in [-0.1, -0.05) is 81.8 Å². The molecule has 0 aliphatic rings. The zero-order valence-electron chi connectivity index (χ0n) is 13.0. The van der Waals surface area contributed by atoms with Crippen LogP contribution < -0.4 is 0 Å². The predicted octanol–water partition coefficient (Wildman–Crippen LogP) is 5.89. The molecule has 0 saturated heterocycles. The van der Waals surface area contributed by atoms with E-state index in [0.29, 0.717) is 12.0 Å². The molecule has 0 aliphatic heterocycles. The van der Waals surface area contributed by atoms with Gasteiger partial charge in [0, 0.05) is 12.0 Å². The highest BCUT2D eigenvalue weighted by molar-refractivity contribution is 6.32. The highest BCUT2D eigenvalue weighted by Crippen LogP contribution is 2.29. The molecule has 2 rings (SSSR count). The van der Waals surface area contributed by atoms with E-state index in [1.165, 1.54) is 6.07 Å². The van der Waals surface area contributed by atoms with E-state index in [9.17, 15) is 10.1 Å². The molecular formula is C17H22ClNO2. The number of hydrogen-bond donors (Lipinski definition) is 0. The van der Waals surface area contributed by atoms with E-state index in [2.05, 4.69) is 0 Å². The zero-order chi connectivity index (χ0) is 16.3. The molecule has 0 bridgehead atoms. The predicted molar refractivity (Wildman–Crippen MR) is 90.1 cm³/mol. The zero-order valence-corrected chi connectivity index (χ0v) is 13.7. The minimum atomic E-state index is -0.430. The van der Waals surface area contributed by atoms with Crippen LogP contribution in [0.2, 0.25) is 5.02 Å². The van der Waals surface area contributed by atoms with Crippen LogP contribution in [0.5, 0.6) is 0 Å². The van der Waals surface area contributed by atoms with E-state index in [0.717, 1.165) is 5.56 Å². The molecule has 21 heavy (non-hydrogen) atoms. The molecule has 0 fully saturated rings. The van der Waals surface area contributed by atoms with Crippen molar-refractivity contribution < 1.29 is 4.92 Å². The molecule has 3 nitrogen and oxygen atoms in total.